The summed E-state index contributed by atoms with van der Waals surface area (Å²) in [5.41, 5.74) is 9.48. The lowest BCUT2D eigenvalue weighted by molar-refractivity contribution is 0.122. The second-order valence-corrected chi connectivity index (χ2v) is 11.6. The van der Waals surface area contributed by atoms with Crippen LogP contribution in [0.15, 0.2) is 39.9 Å². The van der Waals surface area contributed by atoms with Crippen LogP contribution < -0.4 is 20.9 Å². The van der Waals surface area contributed by atoms with Gasteiger partial charge in [0.15, 0.2) is 21.5 Å². The number of nitrogens with two attached hydrogens (primary N) is 1. The molecule has 13 heteroatoms. The van der Waals surface area contributed by atoms with Crippen molar-refractivity contribution in [2.45, 2.75) is 24.8 Å². The Labute approximate surface area is 219 Å². The monoisotopic (exact) mass is 542 g/mol. The Hall–Kier alpha value is -3.42. The first-order valence-electron chi connectivity index (χ1n) is 12.1. The van der Waals surface area contributed by atoms with Crippen molar-refractivity contribution >= 4 is 61.2 Å². The number of aromatic nitrogens is 4. The van der Waals surface area contributed by atoms with E-state index < -0.39 is 9.84 Å². The van der Waals surface area contributed by atoms with Gasteiger partial charge >= 0.3 is 0 Å². The number of morpholine rings is 1. The van der Waals surface area contributed by atoms with E-state index in [-0.39, 0.29) is 4.90 Å². The fraction of sp³-hybridized carbons (Fsp3) is 0.375. The number of hydrogen-bond donors (Lipinski definition) is 3. The number of hydrogen-bond acceptors (Lipinski definition) is 11. The molecule has 5 rings (SSSR count). The molecular weight excluding hydrogens is 512 g/mol. The topological polar surface area (TPSA) is 142 Å². The third-order valence-corrected chi connectivity index (χ3v) is 7.86. The van der Waals surface area contributed by atoms with Crippen molar-refractivity contribution in [2.75, 3.05) is 60.0 Å². The Balaban J connectivity index is 1.48. The van der Waals surface area contributed by atoms with Gasteiger partial charge in [0.25, 0.3) is 0 Å². The first kappa shape index (κ1) is 25.2. The smallest absolute Gasteiger partial charge is 0.229 e. The molecule has 0 radical (unpaired) electrons. The van der Waals surface area contributed by atoms with E-state index in [1.54, 1.807) is 29.5 Å². The first-order valence-corrected chi connectivity index (χ1v) is 14.9. The van der Waals surface area contributed by atoms with Gasteiger partial charge in [-0.1, -0.05) is 6.92 Å². The Morgan fingerprint density at radius 2 is 2.03 bits per heavy atom. The van der Waals surface area contributed by atoms with E-state index in [0.717, 1.165) is 18.7 Å². The first-order chi connectivity index (χ1) is 17.8. The molecule has 0 amide bonds. The maximum atomic E-state index is 11.9. The third kappa shape index (κ3) is 5.48. The summed E-state index contributed by atoms with van der Waals surface area (Å²) in [7, 11) is -3.31. The van der Waals surface area contributed by atoms with Gasteiger partial charge in [0.1, 0.15) is 11.5 Å². The zero-order valence-corrected chi connectivity index (χ0v) is 22.4. The molecule has 37 heavy (non-hydrogen) atoms. The summed E-state index contributed by atoms with van der Waals surface area (Å²) in [6, 6.07) is 6.91. The molecule has 3 aromatic heterocycles. The van der Waals surface area contributed by atoms with Gasteiger partial charge in [-0.2, -0.15) is 21.3 Å². The van der Waals surface area contributed by atoms with E-state index >= 15 is 0 Å². The zero-order valence-electron chi connectivity index (χ0n) is 20.8. The summed E-state index contributed by atoms with van der Waals surface area (Å²) < 4.78 is 29.4. The molecule has 1 saturated heterocycles. The highest BCUT2D eigenvalue weighted by Gasteiger charge is 2.23. The number of rotatable bonds is 9. The van der Waals surface area contributed by atoms with Crippen LogP contribution in [0, 0.1) is 0 Å². The maximum Gasteiger partial charge on any atom is 0.229 e. The number of anilines is 5. The Morgan fingerprint density at radius 3 is 2.73 bits per heavy atom. The standard InChI is InChI=1S/C24H30N8O3S2/c1-3-7-32(16-6-12-36-15-16)23-21(25)22(29-24(30-23)31-8-10-35-11-9-31)26-14-20-27-18-5-4-17(37(2,33)34)13-19(18)28-20/h4-6,12-13,15H,3,7-11,14,25H2,1-2H3,(H,27,28)(H,26,29,30). The van der Waals surface area contributed by atoms with Gasteiger partial charge in [-0.15, -0.1) is 0 Å². The highest BCUT2D eigenvalue weighted by atomic mass is 32.2. The normalized spacial score (nSPS) is 14.3. The highest BCUT2D eigenvalue weighted by molar-refractivity contribution is 7.90. The summed E-state index contributed by atoms with van der Waals surface area (Å²) in [6.07, 6.45) is 2.11. The molecule has 0 spiro atoms. The minimum atomic E-state index is -3.31. The van der Waals surface area contributed by atoms with Crippen molar-refractivity contribution in [1.82, 2.24) is 19.9 Å². The van der Waals surface area contributed by atoms with Crippen LogP contribution in [0.5, 0.6) is 0 Å². The minimum Gasteiger partial charge on any atom is -0.393 e. The number of fused-ring (bicyclic) bond motifs is 1. The number of nitrogens with one attached hydrogen (secondary N) is 2. The van der Waals surface area contributed by atoms with Gasteiger partial charge in [0, 0.05) is 31.3 Å². The molecule has 1 fully saturated rings. The van der Waals surface area contributed by atoms with Crippen LogP contribution in [0.2, 0.25) is 0 Å². The molecule has 0 aliphatic carbocycles. The van der Waals surface area contributed by atoms with E-state index in [1.807, 2.05) is 5.38 Å². The third-order valence-electron chi connectivity index (χ3n) is 6.08. The number of benzene rings is 1. The van der Waals surface area contributed by atoms with E-state index in [2.05, 4.69) is 43.5 Å². The second-order valence-electron chi connectivity index (χ2n) is 8.83. The molecule has 0 atom stereocenters. The summed E-state index contributed by atoms with van der Waals surface area (Å²) in [5.74, 6) is 2.40. The fourth-order valence-corrected chi connectivity index (χ4v) is 5.50. The van der Waals surface area contributed by atoms with Crippen LogP contribution in [0.25, 0.3) is 11.0 Å². The number of ether oxygens (including phenoxy) is 1. The summed E-state index contributed by atoms with van der Waals surface area (Å²) in [5, 5.41) is 7.44. The Kier molecular flexibility index (Phi) is 7.17. The van der Waals surface area contributed by atoms with Crippen molar-refractivity contribution in [3.63, 3.8) is 0 Å². The quantitative estimate of drug-likeness (QED) is 0.288. The van der Waals surface area contributed by atoms with Crippen molar-refractivity contribution < 1.29 is 13.2 Å². The van der Waals surface area contributed by atoms with Crippen molar-refractivity contribution in [1.29, 1.82) is 0 Å². The number of sulfone groups is 1. The lowest BCUT2D eigenvalue weighted by atomic mass is 10.3. The van der Waals surface area contributed by atoms with Crippen molar-refractivity contribution in [2.24, 2.45) is 0 Å². The van der Waals surface area contributed by atoms with Crippen LogP contribution in [0.1, 0.15) is 19.2 Å². The van der Waals surface area contributed by atoms with Gasteiger partial charge in [0.2, 0.25) is 5.95 Å². The SMILES string of the molecule is CCCN(c1ccsc1)c1nc(N2CCOCC2)nc(NCc2nc3ccc(S(C)(=O)=O)cc3[nH]2)c1N. The van der Waals surface area contributed by atoms with Crippen LogP contribution in [-0.4, -0.2) is 67.5 Å². The molecule has 0 unspecified atom stereocenters. The van der Waals surface area contributed by atoms with Gasteiger partial charge in [-0.25, -0.2) is 13.4 Å². The fourth-order valence-electron chi connectivity index (χ4n) is 4.21. The molecule has 1 aliphatic rings. The number of aromatic amines is 1. The summed E-state index contributed by atoms with van der Waals surface area (Å²) in [6.45, 7) is 5.82. The predicted molar refractivity (Wildman–Crippen MR) is 148 cm³/mol. The molecule has 4 aromatic rings. The van der Waals surface area contributed by atoms with E-state index in [4.69, 9.17) is 20.4 Å². The van der Waals surface area contributed by atoms with Crippen LogP contribution >= 0.6 is 11.3 Å². The molecule has 1 aromatic carbocycles. The van der Waals surface area contributed by atoms with Crippen LogP contribution in [-0.2, 0) is 21.1 Å². The van der Waals surface area contributed by atoms with Gasteiger partial charge < -0.3 is 30.6 Å². The average Bonchev–Trinajstić information content (AvgIpc) is 3.56. The molecule has 11 nitrogen and oxygen atoms in total. The molecule has 0 bridgehead atoms. The van der Waals surface area contributed by atoms with Crippen LogP contribution in [0.4, 0.5) is 29.0 Å². The predicted octanol–water partition coefficient (Wildman–Crippen LogP) is 3.40. The number of nitrogens with zero attached hydrogens (tertiary/aromatic N) is 5. The molecule has 1 aliphatic heterocycles. The van der Waals surface area contributed by atoms with Crippen molar-refractivity contribution in [3.05, 3.63) is 40.8 Å². The van der Waals surface area contributed by atoms with Crippen LogP contribution in [0.3, 0.4) is 0 Å². The van der Waals surface area contributed by atoms with E-state index in [9.17, 15) is 8.42 Å². The van der Waals surface area contributed by atoms with Gasteiger partial charge in [-0.3, -0.25) is 0 Å². The Morgan fingerprint density at radius 1 is 1.22 bits per heavy atom. The number of thiophene rings is 1. The highest BCUT2D eigenvalue weighted by Crippen LogP contribution is 2.35. The second kappa shape index (κ2) is 10.5. The largest absolute Gasteiger partial charge is 0.393 e. The van der Waals surface area contributed by atoms with E-state index in [1.165, 1.54) is 6.26 Å². The average molecular weight is 543 g/mol. The van der Waals surface area contributed by atoms with Crippen molar-refractivity contribution in [3.8, 4) is 0 Å². The lowest BCUT2D eigenvalue weighted by Crippen LogP contribution is -2.38. The summed E-state index contributed by atoms with van der Waals surface area (Å²) >= 11 is 1.62. The number of imidazole rings is 1. The van der Waals surface area contributed by atoms with Gasteiger partial charge in [0.05, 0.1) is 41.4 Å². The number of nitrogen functional groups attached to an aromatic ring is 1. The number of H-pyrrole nitrogens is 1. The molecular formula is C24H30N8O3S2. The molecule has 4 heterocycles. The lowest BCUT2D eigenvalue weighted by Gasteiger charge is -2.30. The summed E-state index contributed by atoms with van der Waals surface area (Å²) in [4.78, 5) is 21.9. The maximum absolute atomic E-state index is 11.9. The van der Waals surface area contributed by atoms with E-state index in [0.29, 0.717) is 73.0 Å². The zero-order chi connectivity index (χ0) is 26.0. The minimum absolute atomic E-state index is 0.243. The van der Waals surface area contributed by atoms with Gasteiger partial charge in [-0.05, 0) is 36.1 Å². The molecule has 196 valence electrons. The molecule has 4 N–H and O–H groups in total. The Bertz CT molecular complexity index is 1480. The molecule has 0 saturated carbocycles.